The number of nitrogens with two attached hydrogens (primary N) is 1. The van der Waals surface area contributed by atoms with Crippen LogP contribution in [0.4, 0.5) is 15.9 Å². The van der Waals surface area contributed by atoms with E-state index in [0.717, 1.165) is 18.2 Å². The van der Waals surface area contributed by atoms with Crippen LogP contribution < -0.4 is 10.5 Å². The first-order valence-corrected chi connectivity index (χ1v) is 7.78. The van der Waals surface area contributed by atoms with Gasteiger partial charge in [-0.1, -0.05) is 23.2 Å². The molecule has 0 aliphatic carbocycles. The van der Waals surface area contributed by atoms with E-state index in [4.69, 9.17) is 40.5 Å². The molecular formula is C10H6Cl3FN4O2S. The Labute approximate surface area is 134 Å². The van der Waals surface area contributed by atoms with Gasteiger partial charge in [0.1, 0.15) is 15.9 Å². The summed E-state index contributed by atoms with van der Waals surface area (Å²) in [7, 11) is -4.32. The van der Waals surface area contributed by atoms with E-state index in [2.05, 4.69) is 9.97 Å². The third kappa shape index (κ3) is 3.65. The van der Waals surface area contributed by atoms with Crippen LogP contribution in [0.1, 0.15) is 0 Å². The van der Waals surface area contributed by atoms with Gasteiger partial charge in [-0.25, -0.2) is 17.8 Å². The van der Waals surface area contributed by atoms with Crippen molar-refractivity contribution in [2.45, 2.75) is 4.90 Å². The maximum absolute atomic E-state index is 13.8. The highest BCUT2D eigenvalue weighted by atomic mass is 35.5. The maximum atomic E-state index is 13.8. The first-order chi connectivity index (χ1) is 9.69. The minimum absolute atomic E-state index is 0.0134. The van der Waals surface area contributed by atoms with Crippen molar-refractivity contribution in [1.82, 2.24) is 9.97 Å². The number of sulfonamides is 1. The average molecular weight is 372 g/mol. The van der Waals surface area contributed by atoms with Gasteiger partial charge in [0.25, 0.3) is 10.0 Å². The van der Waals surface area contributed by atoms with Gasteiger partial charge in [0.15, 0.2) is 5.82 Å². The van der Waals surface area contributed by atoms with Crippen LogP contribution in [0, 0.1) is 5.82 Å². The number of halogens is 4. The number of anilines is 2. The second kappa shape index (κ2) is 5.80. The molecule has 11 heteroatoms. The molecule has 0 unspecified atom stereocenters. The van der Waals surface area contributed by atoms with Crippen molar-refractivity contribution < 1.29 is 12.8 Å². The summed E-state index contributed by atoms with van der Waals surface area (Å²) in [6.45, 7) is 0. The predicted molar refractivity (Wildman–Crippen MR) is 78.7 cm³/mol. The largest absolute Gasteiger partial charge is 0.399 e. The fourth-order valence-electron chi connectivity index (χ4n) is 1.41. The molecule has 21 heavy (non-hydrogen) atoms. The van der Waals surface area contributed by atoms with Crippen molar-refractivity contribution in [3.8, 4) is 0 Å². The van der Waals surface area contributed by atoms with Crippen LogP contribution >= 0.6 is 34.8 Å². The zero-order valence-corrected chi connectivity index (χ0v) is 13.0. The van der Waals surface area contributed by atoms with Gasteiger partial charge in [0.2, 0.25) is 5.28 Å². The lowest BCUT2D eigenvalue weighted by molar-refractivity contribution is 0.570. The summed E-state index contributed by atoms with van der Waals surface area (Å²) in [5.41, 5.74) is 5.44. The zero-order valence-electron chi connectivity index (χ0n) is 9.94. The maximum Gasteiger partial charge on any atom is 0.266 e. The highest BCUT2D eigenvalue weighted by Gasteiger charge is 2.23. The molecule has 0 aliphatic heterocycles. The minimum Gasteiger partial charge on any atom is -0.399 e. The Bertz CT molecular complexity index is 796. The normalized spacial score (nSPS) is 11.4. The van der Waals surface area contributed by atoms with E-state index < -0.39 is 25.8 Å². The molecule has 1 aromatic carbocycles. The fraction of sp³-hybridized carbons (Fsp3) is 0. The molecule has 0 spiro atoms. The Hall–Kier alpha value is -1.35. The molecule has 0 fully saturated rings. The Morgan fingerprint density at radius 2 is 1.81 bits per heavy atom. The molecule has 3 N–H and O–H groups in total. The average Bonchev–Trinajstić information content (AvgIpc) is 2.31. The van der Waals surface area contributed by atoms with Gasteiger partial charge in [-0.2, -0.15) is 4.98 Å². The smallest absolute Gasteiger partial charge is 0.266 e. The molecule has 0 saturated heterocycles. The minimum atomic E-state index is -4.32. The molecule has 112 valence electrons. The van der Waals surface area contributed by atoms with Crippen LogP contribution in [-0.4, -0.2) is 18.4 Å². The van der Waals surface area contributed by atoms with Gasteiger partial charge in [-0.3, -0.25) is 4.72 Å². The third-order valence-corrected chi connectivity index (χ3v) is 4.20. The van der Waals surface area contributed by atoms with Crippen LogP contribution in [0.25, 0.3) is 0 Å². The van der Waals surface area contributed by atoms with Crippen LogP contribution in [0.2, 0.25) is 15.5 Å². The number of nitrogens with one attached hydrogen (secondary N) is 1. The van der Waals surface area contributed by atoms with Gasteiger partial charge in [0, 0.05) is 11.8 Å². The summed E-state index contributed by atoms with van der Waals surface area (Å²) in [6.07, 6.45) is 0. The number of benzene rings is 1. The van der Waals surface area contributed by atoms with Crippen molar-refractivity contribution in [2.75, 3.05) is 10.5 Å². The van der Waals surface area contributed by atoms with Gasteiger partial charge >= 0.3 is 0 Å². The summed E-state index contributed by atoms with van der Waals surface area (Å²) >= 11 is 16.7. The summed E-state index contributed by atoms with van der Waals surface area (Å²) < 4.78 is 40.1. The highest BCUT2D eigenvalue weighted by Crippen LogP contribution is 2.27. The molecule has 1 heterocycles. The molecular weight excluding hydrogens is 366 g/mol. The molecule has 2 rings (SSSR count). The van der Waals surface area contributed by atoms with Gasteiger partial charge in [0.05, 0.1) is 5.02 Å². The van der Waals surface area contributed by atoms with E-state index in [1.165, 1.54) is 0 Å². The molecule has 0 bridgehead atoms. The van der Waals surface area contributed by atoms with Crippen LogP contribution in [0.5, 0.6) is 0 Å². The summed E-state index contributed by atoms with van der Waals surface area (Å²) in [6, 6.07) is 3.12. The van der Waals surface area contributed by atoms with Crippen LogP contribution in [0.15, 0.2) is 23.1 Å². The van der Waals surface area contributed by atoms with E-state index in [9.17, 15) is 12.8 Å². The van der Waals surface area contributed by atoms with E-state index in [0.29, 0.717) is 0 Å². The van der Waals surface area contributed by atoms with Crippen molar-refractivity contribution in [3.05, 3.63) is 39.5 Å². The molecule has 1 aromatic heterocycles. The summed E-state index contributed by atoms with van der Waals surface area (Å²) in [5.74, 6) is -1.36. The second-order valence-electron chi connectivity index (χ2n) is 3.77. The number of nitrogens with zero attached hydrogens (tertiary/aromatic N) is 2. The van der Waals surface area contributed by atoms with Crippen LogP contribution in [-0.2, 0) is 10.0 Å². The second-order valence-corrected chi connectivity index (χ2v) is 6.55. The van der Waals surface area contributed by atoms with E-state index >= 15 is 0 Å². The standard InChI is InChI=1S/C10H6Cl3FN4O2S/c11-5-1-4(15)2-6(9(5)14)21(19,20)18-8-3-7(12)16-10(13)17-8/h1-3H,15H2,(H,16,17,18). The Morgan fingerprint density at radius 1 is 1.14 bits per heavy atom. The number of nitrogen functional groups attached to an aromatic ring is 1. The third-order valence-electron chi connectivity index (χ3n) is 2.21. The topological polar surface area (TPSA) is 98.0 Å². The molecule has 0 aliphatic rings. The molecule has 0 atom stereocenters. The number of hydrogen-bond acceptors (Lipinski definition) is 5. The first kappa shape index (κ1) is 16.0. The van der Waals surface area contributed by atoms with Crippen molar-refractivity contribution in [1.29, 1.82) is 0 Å². The lowest BCUT2D eigenvalue weighted by atomic mass is 10.3. The summed E-state index contributed by atoms with van der Waals surface area (Å²) in [5, 5.41) is -0.779. The number of hydrogen-bond donors (Lipinski definition) is 2. The molecule has 0 amide bonds. The van der Waals surface area contributed by atoms with Crippen molar-refractivity contribution >= 4 is 56.3 Å². The van der Waals surface area contributed by atoms with E-state index in [1.54, 1.807) is 0 Å². The van der Waals surface area contributed by atoms with E-state index in [-0.39, 0.29) is 21.9 Å². The predicted octanol–water partition coefficient (Wildman–Crippen LogP) is 2.96. The molecule has 0 radical (unpaired) electrons. The SMILES string of the molecule is Nc1cc(Cl)c(F)c(S(=O)(=O)Nc2cc(Cl)nc(Cl)n2)c1. The van der Waals surface area contributed by atoms with Gasteiger partial charge in [-0.15, -0.1) is 0 Å². The Morgan fingerprint density at radius 3 is 2.43 bits per heavy atom. The highest BCUT2D eigenvalue weighted by molar-refractivity contribution is 7.92. The monoisotopic (exact) mass is 370 g/mol. The molecule has 2 aromatic rings. The van der Waals surface area contributed by atoms with Gasteiger partial charge in [-0.05, 0) is 23.7 Å². The quantitative estimate of drug-likeness (QED) is 0.491. The first-order valence-electron chi connectivity index (χ1n) is 5.16. The zero-order chi connectivity index (χ0) is 15.8. The number of aromatic nitrogens is 2. The molecule has 6 nitrogen and oxygen atoms in total. The van der Waals surface area contributed by atoms with Crippen molar-refractivity contribution in [3.63, 3.8) is 0 Å². The summed E-state index contributed by atoms with van der Waals surface area (Å²) in [4.78, 5) is 6.44. The van der Waals surface area contributed by atoms with Crippen LogP contribution in [0.3, 0.4) is 0 Å². The van der Waals surface area contributed by atoms with Gasteiger partial charge < -0.3 is 5.73 Å². The lowest BCUT2D eigenvalue weighted by Gasteiger charge is -2.10. The van der Waals surface area contributed by atoms with E-state index in [1.807, 2.05) is 4.72 Å². The Balaban J connectivity index is 2.48. The lowest BCUT2D eigenvalue weighted by Crippen LogP contribution is -2.16. The Kier molecular flexibility index (Phi) is 4.43. The number of rotatable bonds is 3. The van der Waals surface area contributed by atoms with Crippen molar-refractivity contribution in [2.24, 2.45) is 0 Å². The molecule has 0 saturated carbocycles. The fourth-order valence-corrected chi connectivity index (χ4v) is 3.23.